The summed E-state index contributed by atoms with van der Waals surface area (Å²) in [6.07, 6.45) is 1.93. The molecule has 2 unspecified atom stereocenters. The number of hydrogen-bond acceptors (Lipinski definition) is 3. The zero-order valence-corrected chi connectivity index (χ0v) is 12.3. The van der Waals surface area contributed by atoms with E-state index in [1.165, 1.54) is 12.1 Å². The third kappa shape index (κ3) is 2.25. The number of rotatable bonds is 2. The van der Waals surface area contributed by atoms with Crippen LogP contribution >= 0.6 is 0 Å². The fourth-order valence-corrected chi connectivity index (χ4v) is 5.26. The van der Waals surface area contributed by atoms with Crippen LogP contribution in [0.4, 0.5) is 4.39 Å². The molecule has 2 saturated heterocycles. The summed E-state index contributed by atoms with van der Waals surface area (Å²) >= 11 is 0. The van der Waals surface area contributed by atoms with Crippen molar-refractivity contribution < 1.29 is 12.8 Å². The molecule has 0 radical (unpaired) electrons. The van der Waals surface area contributed by atoms with Gasteiger partial charge < -0.3 is 5.32 Å². The summed E-state index contributed by atoms with van der Waals surface area (Å²) in [6.45, 7) is 3.80. The van der Waals surface area contributed by atoms with Crippen molar-refractivity contribution in [2.24, 2.45) is 5.92 Å². The van der Waals surface area contributed by atoms with Gasteiger partial charge in [0.2, 0.25) is 10.0 Å². The van der Waals surface area contributed by atoms with Crippen LogP contribution in [0.25, 0.3) is 0 Å². The first-order chi connectivity index (χ1) is 9.50. The van der Waals surface area contributed by atoms with Crippen molar-refractivity contribution in [3.63, 3.8) is 0 Å². The number of piperidine rings is 1. The lowest BCUT2D eigenvalue weighted by molar-refractivity contribution is 0.217. The second-order valence-corrected chi connectivity index (χ2v) is 7.51. The van der Waals surface area contributed by atoms with Crippen LogP contribution in [0, 0.1) is 18.7 Å². The van der Waals surface area contributed by atoms with E-state index < -0.39 is 15.8 Å². The lowest BCUT2D eigenvalue weighted by Crippen LogP contribution is -2.48. The fourth-order valence-electron chi connectivity index (χ4n) is 3.30. The van der Waals surface area contributed by atoms with Crippen LogP contribution in [0.1, 0.15) is 18.4 Å². The van der Waals surface area contributed by atoms with E-state index in [1.54, 1.807) is 11.2 Å². The summed E-state index contributed by atoms with van der Waals surface area (Å²) in [6, 6.07) is 3.97. The lowest BCUT2D eigenvalue weighted by atomic mass is 9.94. The number of benzene rings is 1. The first kappa shape index (κ1) is 14.0. The number of nitrogens with zero attached hydrogens (tertiary/aromatic N) is 1. The third-order valence-electron chi connectivity index (χ3n) is 4.36. The van der Waals surface area contributed by atoms with Crippen LogP contribution in [0.2, 0.25) is 0 Å². The lowest BCUT2D eigenvalue weighted by Gasteiger charge is -2.36. The second-order valence-electron chi connectivity index (χ2n) is 5.65. The predicted molar refractivity (Wildman–Crippen MR) is 74.4 cm³/mol. The van der Waals surface area contributed by atoms with E-state index in [1.807, 2.05) is 0 Å². The van der Waals surface area contributed by atoms with E-state index in [0.717, 1.165) is 25.5 Å². The molecule has 0 spiro atoms. The van der Waals surface area contributed by atoms with E-state index in [-0.39, 0.29) is 10.9 Å². The maximum atomic E-state index is 13.4. The Kier molecular flexibility index (Phi) is 3.56. The Morgan fingerprint density at radius 3 is 2.95 bits per heavy atom. The smallest absolute Gasteiger partial charge is 0.243 e. The van der Waals surface area contributed by atoms with E-state index in [9.17, 15) is 12.8 Å². The van der Waals surface area contributed by atoms with Crippen LogP contribution in [0.3, 0.4) is 0 Å². The van der Waals surface area contributed by atoms with E-state index in [4.69, 9.17) is 0 Å². The van der Waals surface area contributed by atoms with Crippen molar-refractivity contribution in [2.45, 2.75) is 30.7 Å². The highest BCUT2D eigenvalue weighted by molar-refractivity contribution is 7.89. The molecular weight excluding hydrogens is 279 g/mol. The predicted octanol–water partition coefficient (Wildman–Crippen LogP) is 1.51. The molecule has 6 heteroatoms. The molecule has 1 aromatic rings. The standard InChI is InChI=1S/C14H19FN2O2S/c1-10-4-5-12(15)7-14(10)20(18,19)17-6-2-3-11-8-16-9-13(11)17/h4-5,7,11,13,16H,2-3,6,8-9H2,1H3. The first-order valence-electron chi connectivity index (χ1n) is 6.99. The van der Waals surface area contributed by atoms with Crippen molar-refractivity contribution in [3.05, 3.63) is 29.6 Å². The van der Waals surface area contributed by atoms with Gasteiger partial charge in [-0.05, 0) is 49.9 Å². The number of fused-ring (bicyclic) bond motifs is 1. The molecule has 3 rings (SSSR count). The highest BCUT2D eigenvalue weighted by atomic mass is 32.2. The topological polar surface area (TPSA) is 49.4 Å². The van der Waals surface area contributed by atoms with Gasteiger partial charge in [0, 0.05) is 19.1 Å². The summed E-state index contributed by atoms with van der Waals surface area (Å²) in [5, 5.41) is 3.26. The maximum absolute atomic E-state index is 13.4. The molecule has 4 nitrogen and oxygen atoms in total. The van der Waals surface area contributed by atoms with Crippen molar-refractivity contribution in [2.75, 3.05) is 19.6 Å². The molecule has 2 aliphatic rings. The number of aryl methyl sites for hydroxylation is 1. The Morgan fingerprint density at radius 2 is 2.15 bits per heavy atom. The molecule has 2 fully saturated rings. The molecule has 0 saturated carbocycles. The average Bonchev–Trinajstić information content (AvgIpc) is 2.89. The van der Waals surface area contributed by atoms with Gasteiger partial charge in [0.1, 0.15) is 5.82 Å². The number of hydrogen-bond donors (Lipinski definition) is 1. The fraction of sp³-hybridized carbons (Fsp3) is 0.571. The van der Waals surface area contributed by atoms with E-state index in [0.29, 0.717) is 24.6 Å². The van der Waals surface area contributed by atoms with Crippen molar-refractivity contribution in [1.29, 1.82) is 0 Å². The van der Waals surface area contributed by atoms with Gasteiger partial charge in [-0.25, -0.2) is 12.8 Å². The van der Waals surface area contributed by atoms with Crippen molar-refractivity contribution in [1.82, 2.24) is 9.62 Å². The van der Waals surface area contributed by atoms with Crippen molar-refractivity contribution in [3.8, 4) is 0 Å². The summed E-state index contributed by atoms with van der Waals surface area (Å²) in [4.78, 5) is 0.102. The van der Waals surface area contributed by atoms with Crippen LogP contribution < -0.4 is 5.32 Å². The minimum atomic E-state index is -3.62. The van der Waals surface area contributed by atoms with Gasteiger partial charge in [-0.3, -0.25) is 0 Å². The highest BCUT2D eigenvalue weighted by Gasteiger charge is 2.41. The quantitative estimate of drug-likeness (QED) is 0.900. The molecule has 2 aliphatic heterocycles. The molecular formula is C14H19FN2O2S. The molecule has 1 aromatic carbocycles. The minimum Gasteiger partial charge on any atom is -0.315 e. The number of halogens is 1. The molecule has 0 aromatic heterocycles. The normalized spacial score (nSPS) is 27.5. The molecule has 0 bridgehead atoms. The van der Waals surface area contributed by atoms with Crippen LogP contribution in [-0.2, 0) is 10.0 Å². The van der Waals surface area contributed by atoms with Crippen molar-refractivity contribution >= 4 is 10.0 Å². The van der Waals surface area contributed by atoms with Crippen LogP contribution in [0.5, 0.6) is 0 Å². The zero-order chi connectivity index (χ0) is 14.3. The highest BCUT2D eigenvalue weighted by Crippen LogP contribution is 2.32. The number of sulfonamides is 1. The maximum Gasteiger partial charge on any atom is 0.243 e. The monoisotopic (exact) mass is 298 g/mol. The molecule has 110 valence electrons. The molecule has 2 heterocycles. The SMILES string of the molecule is Cc1ccc(F)cc1S(=O)(=O)N1CCCC2CNCC21. The second kappa shape index (κ2) is 5.09. The largest absolute Gasteiger partial charge is 0.315 e. The minimum absolute atomic E-state index is 0.0106. The Balaban J connectivity index is 2.00. The average molecular weight is 298 g/mol. The summed E-state index contributed by atoms with van der Waals surface area (Å²) in [7, 11) is -3.62. The van der Waals surface area contributed by atoms with Gasteiger partial charge in [-0.1, -0.05) is 6.07 Å². The summed E-state index contributed by atoms with van der Waals surface area (Å²) in [5.74, 6) is -0.125. The summed E-state index contributed by atoms with van der Waals surface area (Å²) in [5.41, 5.74) is 0.597. The molecule has 20 heavy (non-hydrogen) atoms. The summed E-state index contributed by atoms with van der Waals surface area (Å²) < 4.78 is 40.7. The Bertz CT molecular complexity index is 618. The van der Waals surface area contributed by atoms with Gasteiger partial charge in [0.15, 0.2) is 0 Å². The molecule has 1 N–H and O–H groups in total. The van der Waals surface area contributed by atoms with Gasteiger partial charge in [-0.15, -0.1) is 0 Å². The van der Waals surface area contributed by atoms with E-state index >= 15 is 0 Å². The number of nitrogens with one attached hydrogen (secondary N) is 1. The third-order valence-corrected chi connectivity index (χ3v) is 6.43. The Morgan fingerprint density at radius 1 is 1.35 bits per heavy atom. The van der Waals surface area contributed by atoms with Crippen LogP contribution in [0.15, 0.2) is 23.1 Å². The van der Waals surface area contributed by atoms with E-state index in [2.05, 4.69) is 5.32 Å². The molecule has 2 atom stereocenters. The molecule has 0 amide bonds. The van der Waals surface area contributed by atoms with Crippen LogP contribution in [-0.4, -0.2) is 38.4 Å². The Hall–Kier alpha value is -0.980. The van der Waals surface area contributed by atoms with Gasteiger partial charge in [0.25, 0.3) is 0 Å². The molecule has 0 aliphatic carbocycles. The first-order valence-corrected chi connectivity index (χ1v) is 8.43. The Labute approximate surface area is 119 Å². The van der Waals surface area contributed by atoms with Gasteiger partial charge >= 0.3 is 0 Å². The zero-order valence-electron chi connectivity index (χ0n) is 11.5. The van der Waals surface area contributed by atoms with Gasteiger partial charge in [-0.2, -0.15) is 4.31 Å². The van der Waals surface area contributed by atoms with Gasteiger partial charge in [0.05, 0.1) is 4.90 Å².